The largest absolute Gasteiger partial charge is 0.379 e. The monoisotopic (exact) mass is 264 g/mol. The highest BCUT2D eigenvalue weighted by atomic mass is 14.9. The Hall–Kier alpha value is -2.49. The first kappa shape index (κ1) is 12.5. The van der Waals surface area contributed by atoms with Crippen molar-refractivity contribution >= 4 is 16.6 Å². The summed E-state index contributed by atoms with van der Waals surface area (Å²) in [5.41, 5.74) is 4.94. The van der Waals surface area contributed by atoms with Gasteiger partial charge in [0.2, 0.25) is 0 Å². The summed E-state index contributed by atoms with van der Waals surface area (Å²) in [7, 11) is 0. The van der Waals surface area contributed by atoms with Gasteiger partial charge in [-0.3, -0.25) is 15.0 Å². The zero-order valence-electron chi connectivity index (χ0n) is 11.6. The van der Waals surface area contributed by atoms with Crippen LogP contribution in [0.5, 0.6) is 0 Å². The normalized spacial score (nSPS) is 10.7. The van der Waals surface area contributed by atoms with Crippen LogP contribution in [0, 0.1) is 13.8 Å². The van der Waals surface area contributed by atoms with Crippen LogP contribution in [-0.2, 0) is 6.54 Å². The van der Waals surface area contributed by atoms with Crippen LogP contribution >= 0.6 is 0 Å². The zero-order chi connectivity index (χ0) is 13.9. The lowest BCUT2D eigenvalue weighted by atomic mass is 10.1. The first-order valence-electron chi connectivity index (χ1n) is 6.60. The summed E-state index contributed by atoms with van der Waals surface area (Å²) < 4.78 is 0. The van der Waals surface area contributed by atoms with Gasteiger partial charge in [0.05, 0.1) is 29.6 Å². The molecule has 0 fully saturated rings. The van der Waals surface area contributed by atoms with Gasteiger partial charge in [-0.15, -0.1) is 0 Å². The molecule has 20 heavy (non-hydrogen) atoms. The minimum Gasteiger partial charge on any atom is -0.379 e. The van der Waals surface area contributed by atoms with Crippen LogP contribution in [-0.4, -0.2) is 15.0 Å². The van der Waals surface area contributed by atoms with E-state index in [1.165, 1.54) is 0 Å². The average Bonchev–Trinajstić information content (AvgIpc) is 2.46. The van der Waals surface area contributed by atoms with E-state index in [4.69, 9.17) is 0 Å². The van der Waals surface area contributed by atoms with Gasteiger partial charge in [-0.05, 0) is 26.0 Å². The van der Waals surface area contributed by atoms with E-state index in [9.17, 15) is 0 Å². The van der Waals surface area contributed by atoms with Crippen molar-refractivity contribution in [3.8, 4) is 0 Å². The number of nitrogens with one attached hydrogen (secondary N) is 1. The van der Waals surface area contributed by atoms with Gasteiger partial charge >= 0.3 is 0 Å². The van der Waals surface area contributed by atoms with E-state index in [0.29, 0.717) is 6.54 Å². The van der Waals surface area contributed by atoms with Gasteiger partial charge in [0, 0.05) is 23.0 Å². The van der Waals surface area contributed by atoms with Crippen molar-refractivity contribution in [1.29, 1.82) is 0 Å². The zero-order valence-corrected chi connectivity index (χ0v) is 11.6. The topological polar surface area (TPSA) is 50.7 Å². The van der Waals surface area contributed by atoms with Crippen molar-refractivity contribution in [3.05, 3.63) is 59.8 Å². The molecule has 0 bridgehead atoms. The number of pyridine rings is 1. The van der Waals surface area contributed by atoms with E-state index in [0.717, 1.165) is 33.7 Å². The number of hydrogen-bond acceptors (Lipinski definition) is 4. The van der Waals surface area contributed by atoms with Crippen molar-refractivity contribution in [2.75, 3.05) is 5.32 Å². The number of nitrogens with zero attached hydrogens (tertiary/aromatic N) is 3. The summed E-state index contributed by atoms with van der Waals surface area (Å²) in [4.78, 5) is 13.1. The Morgan fingerprint density at radius 2 is 1.85 bits per heavy atom. The SMILES string of the molecule is Cc1cnc(CNc2cc(C)nc3ccccc23)cn1. The van der Waals surface area contributed by atoms with Crippen LogP contribution in [0.25, 0.3) is 10.9 Å². The molecule has 1 aromatic carbocycles. The molecule has 0 atom stereocenters. The van der Waals surface area contributed by atoms with Crippen molar-refractivity contribution in [2.45, 2.75) is 20.4 Å². The lowest BCUT2D eigenvalue weighted by Crippen LogP contribution is -2.04. The Morgan fingerprint density at radius 1 is 1.00 bits per heavy atom. The van der Waals surface area contributed by atoms with Crippen molar-refractivity contribution in [2.24, 2.45) is 0 Å². The van der Waals surface area contributed by atoms with Gasteiger partial charge in [-0.1, -0.05) is 18.2 Å². The first-order chi connectivity index (χ1) is 9.72. The highest BCUT2D eigenvalue weighted by Gasteiger charge is 2.03. The summed E-state index contributed by atoms with van der Waals surface area (Å²) >= 11 is 0. The molecular formula is C16H16N4. The molecule has 2 heterocycles. The standard InChI is InChI=1S/C16H16N4/c1-11-7-16(14-5-3-4-6-15(14)20-11)19-10-13-9-17-12(2)8-18-13/h3-9H,10H2,1-2H3,(H,19,20). The second kappa shape index (κ2) is 5.25. The van der Waals surface area contributed by atoms with Crippen LogP contribution in [0.2, 0.25) is 0 Å². The molecule has 0 radical (unpaired) electrons. The smallest absolute Gasteiger partial charge is 0.0777 e. The van der Waals surface area contributed by atoms with Crippen LogP contribution in [0.1, 0.15) is 17.1 Å². The lowest BCUT2D eigenvalue weighted by molar-refractivity contribution is 0.985. The minimum atomic E-state index is 0.653. The molecule has 1 N–H and O–H groups in total. The minimum absolute atomic E-state index is 0.653. The molecule has 4 heteroatoms. The van der Waals surface area contributed by atoms with Crippen LogP contribution in [0.15, 0.2) is 42.7 Å². The Labute approximate surface area is 117 Å². The van der Waals surface area contributed by atoms with Gasteiger partial charge in [0.25, 0.3) is 0 Å². The maximum atomic E-state index is 4.53. The number of aromatic nitrogens is 3. The van der Waals surface area contributed by atoms with E-state index in [2.05, 4.69) is 32.4 Å². The first-order valence-corrected chi connectivity index (χ1v) is 6.60. The maximum Gasteiger partial charge on any atom is 0.0777 e. The van der Waals surface area contributed by atoms with Crippen molar-refractivity contribution < 1.29 is 0 Å². The summed E-state index contributed by atoms with van der Waals surface area (Å²) in [6, 6.07) is 10.2. The molecule has 2 aromatic heterocycles. The van der Waals surface area contributed by atoms with Gasteiger partial charge in [0.15, 0.2) is 0 Å². The number of hydrogen-bond donors (Lipinski definition) is 1. The summed E-state index contributed by atoms with van der Waals surface area (Å²) in [5.74, 6) is 0. The summed E-state index contributed by atoms with van der Waals surface area (Å²) in [6.45, 7) is 4.59. The van der Waals surface area contributed by atoms with Gasteiger partial charge < -0.3 is 5.32 Å². The molecular weight excluding hydrogens is 248 g/mol. The third kappa shape index (κ3) is 2.59. The molecule has 0 aliphatic rings. The van der Waals surface area contributed by atoms with Crippen LogP contribution in [0.3, 0.4) is 0 Å². The maximum absolute atomic E-state index is 4.53. The van der Waals surface area contributed by atoms with Crippen molar-refractivity contribution in [3.63, 3.8) is 0 Å². The molecule has 100 valence electrons. The third-order valence-electron chi connectivity index (χ3n) is 3.14. The fourth-order valence-electron chi connectivity index (χ4n) is 2.15. The molecule has 0 aliphatic heterocycles. The molecule has 0 spiro atoms. The van der Waals surface area contributed by atoms with E-state index < -0.39 is 0 Å². The predicted molar refractivity (Wildman–Crippen MR) is 80.6 cm³/mol. The Bertz CT molecular complexity index is 735. The quantitative estimate of drug-likeness (QED) is 0.789. The Kier molecular flexibility index (Phi) is 3.29. The Balaban J connectivity index is 1.88. The molecule has 3 rings (SSSR count). The molecule has 0 aliphatic carbocycles. The van der Waals surface area contributed by atoms with E-state index >= 15 is 0 Å². The second-order valence-corrected chi connectivity index (χ2v) is 4.83. The third-order valence-corrected chi connectivity index (χ3v) is 3.14. The number of aryl methyl sites for hydroxylation is 2. The number of fused-ring (bicyclic) bond motifs is 1. The van der Waals surface area contributed by atoms with Gasteiger partial charge in [-0.2, -0.15) is 0 Å². The molecule has 3 aromatic rings. The highest BCUT2D eigenvalue weighted by molar-refractivity contribution is 5.91. The average molecular weight is 264 g/mol. The summed E-state index contributed by atoms with van der Waals surface area (Å²) in [5, 5.41) is 4.55. The fourth-order valence-corrected chi connectivity index (χ4v) is 2.15. The van der Waals surface area contributed by atoms with Crippen LogP contribution < -0.4 is 5.32 Å². The van der Waals surface area contributed by atoms with E-state index in [1.54, 1.807) is 12.4 Å². The molecule has 0 amide bonds. The highest BCUT2D eigenvalue weighted by Crippen LogP contribution is 2.23. The van der Waals surface area contributed by atoms with E-state index in [-0.39, 0.29) is 0 Å². The fraction of sp³-hybridized carbons (Fsp3) is 0.188. The number of rotatable bonds is 3. The second-order valence-electron chi connectivity index (χ2n) is 4.83. The van der Waals surface area contributed by atoms with Gasteiger partial charge in [0.1, 0.15) is 0 Å². The van der Waals surface area contributed by atoms with E-state index in [1.807, 2.05) is 32.0 Å². The molecule has 0 saturated carbocycles. The van der Waals surface area contributed by atoms with Crippen molar-refractivity contribution in [1.82, 2.24) is 15.0 Å². The number of benzene rings is 1. The number of anilines is 1. The summed E-state index contributed by atoms with van der Waals surface area (Å²) in [6.07, 6.45) is 3.59. The number of para-hydroxylation sites is 1. The van der Waals surface area contributed by atoms with Crippen LogP contribution in [0.4, 0.5) is 5.69 Å². The Morgan fingerprint density at radius 3 is 2.65 bits per heavy atom. The molecule has 4 nitrogen and oxygen atoms in total. The lowest BCUT2D eigenvalue weighted by Gasteiger charge is -2.10. The predicted octanol–water partition coefficient (Wildman–Crippen LogP) is 3.25. The van der Waals surface area contributed by atoms with Gasteiger partial charge in [-0.25, -0.2) is 0 Å². The molecule has 0 unspecified atom stereocenters. The molecule has 0 saturated heterocycles.